The highest BCUT2D eigenvalue weighted by molar-refractivity contribution is 5.21. The van der Waals surface area contributed by atoms with Crippen molar-refractivity contribution in [1.82, 2.24) is 4.90 Å². The molecule has 1 atom stereocenters. The molecule has 0 amide bonds. The van der Waals surface area contributed by atoms with Gasteiger partial charge >= 0.3 is 0 Å². The molecule has 0 saturated carbocycles. The van der Waals surface area contributed by atoms with E-state index >= 15 is 0 Å². The van der Waals surface area contributed by atoms with Crippen LogP contribution in [0.3, 0.4) is 0 Å². The molecule has 0 aromatic heterocycles. The van der Waals surface area contributed by atoms with E-state index < -0.39 is 0 Å². The van der Waals surface area contributed by atoms with Crippen LogP contribution < -0.4 is 5.73 Å². The summed E-state index contributed by atoms with van der Waals surface area (Å²) in [5.74, 6) is 0. The first-order chi connectivity index (χ1) is 9.37. The normalized spacial score (nSPS) is 25.9. The Balaban J connectivity index is 2.12. The number of ether oxygens (including phenoxy) is 1. The van der Waals surface area contributed by atoms with Crippen LogP contribution in [0.15, 0.2) is 24.3 Å². The van der Waals surface area contributed by atoms with Gasteiger partial charge in [0, 0.05) is 25.2 Å². The summed E-state index contributed by atoms with van der Waals surface area (Å²) in [5.41, 5.74) is 8.75. The molecule has 1 heterocycles. The predicted octanol–water partition coefficient (Wildman–Crippen LogP) is 2.71. The Morgan fingerprint density at radius 3 is 2.45 bits per heavy atom. The van der Waals surface area contributed by atoms with Gasteiger partial charge < -0.3 is 10.5 Å². The van der Waals surface area contributed by atoms with Gasteiger partial charge in [-0.05, 0) is 46.2 Å². The van der Waals surface area contributed by atoms with E-state index in [-0.39, 0.29) is 11.1 Å². The number of aryl methyl sites for hydroxylation is 1. The smallest absolute Gasteiger partial charge is 0.0644 e. The van der Waals surface area contributed by atoms with Crippen LogP contribution in [-0.2, 0) is 11.3 Å². The Morgan fingerprint density at radius 2 is 1.90 bits per heavy atom. The summed E-state index contributed by atoms with van der Waals surface area (Å²) >= 11 is 0. The van der Waals surface area contributed by atoms with E-state index in [4.69, 9.17) is 10.5 Å². The van der Waals surface area contributed by atoms with E-state index in [1.165, 1.54) is 11.1 Å². The van der Waals surface area contributed by atoms with Crippen molar-refractivity contribution in [3.8, 4) is 0 Å². The molecule has 112 valence electrons. The van der Waals surface area contributed by atoms with Crippen LogP contribution in [0, 0.1) is 6.92 Å². The van der Waals surface area contributed by atoms with Gasteiger partial charge in [-0.3, -0.25) is 4.90 Å². The summed E-state index contributed by atoms with van der Waals surface area (Å²) < 4.78 is 5.86. The third kappa shape index (κ3) is 3.40. The maximum atomic E-state index is 6.14. The van der Waals surface area contributed by atoms with Gasteiger partial charge in [0.15, 0.2) is 0 Å². The van der Waals surface area contributed by atoms with Gasteiger partial charge in [0.05, 0.1) is 5.60 Å². The van der Waals surface area contributed by atoms with Crippen molar-refractivity contribution in [2.24, 2.45) is 5.73 Å². The Morgan fingerprint density at radius 1 is 1.25 bits per heavy atom. The summed E-state index contributed by atoms with van der Waals surface area (Å²) in [5, 5.41) is 0. The molecular weight excluding hydrogens is 248 g/mol. The van der Waals surface area contributed by atoms with Gasteiger partial charge in [-0.25, -0.2) is 0 Å². The van der Waals surface area contributed by atoms with Gasteiger partial charge in [0.1, 0.15) is 0 Å². The van der Waals surface area contributed by atoms with Crippen molar-refractivity contribution in [2.45, 2.75) is 51.3 Å². The van der Waals surface area contributed by atoms with E-state index in [1.54, 1.807) is 0 Å². The number of nitrogens with zero attached hydrogens (tertiary/aromatic N) is 1. The molecule has 1 aliphatic rings. The quantitative estimate of drug-likeness (QED) is 0.919. The average molecular weight is 276 g/mol. The van der Waals surface area contributed by atoms with E-state index in [0.717, 1.165) is 26.0 Å². The Kier molecular flexibility index (Phi) is 4.52. The standard InChI is InChI=1S/C17H28N2O/c1-14-5-7-15(8-6-14)11-19(4)17(13-18)9-10-20-16(2,3)12-17/h5-8H,9-13,18H2,1-4H3. The highest BCUT2D eigenvalue weighted by atomic mass is 16.5. The molecule has 3 nitrogen and oxygen atoms in total. The molecule has 2 N–H and O–H groups in total. The maximum absolute atomic E-state index is 6.14. The largest absolute Gasteiger partial charge is 0.375 e. The maximum Gasteiger partial charge on any atom is 0.0644 e. The molecule has 0 bridgehead atoms. The summed E-state index contributed by atoms with van der Waals surface area (Å²) in [4.78, 5) is 2.42. The minimum atomic E-state index is -0.0842. The second-order valence-corrected chi connectivity index (χ2v) is 6.81. The first-order valence-corrected chi connectivity index (χ1v) is 7.48. The molecule has 2 rings (SSSR count). The van der Waals surface area contributed by atoms with Gasteiger partial charge in [0.2, 0.25) is 0 Å². The number of hydrogen-bond donors (Lipinski definition) is 1. The zero-order valence-corrected chi connectivity index (χ0v) is 13.3. The number of rotatable bonds is 4. The highest BCUT2D eigenvalue weighted by Gasteiger charge is 2.42. The van der Waals surface area contributed by atoms with Crippen molar-refractivity contribution in [3.05, 3.63) is 35.4 Å². The van der Waals surface area contributed by atoms with Gasteiger partial charge in [-0.1, -0.05) is 29.8 Å². The first-order valence-electron chi connectivity index (χ1n) is 7.48. The lowest BCUT2D eigenvalue weighted by molar-refractivity contribution is -0.115. The van der Waals surface area contributed by atoms with Crippen LogP contribution in [0.5, 0.6) is 0 Å². The molecule has 1 aliphatic heterocycles. The van der Waals surface area contributed by atoms with E-state index in [9.17, 15) is 0 Å². The van der Waals surface area contributed by atoms with Crippen molar-refractivity contribution >= 4 is 0 Å². The number of benzene rings is 1. The molecule has 20 heavy (non-hydrogen) atoms. The lowest BCUT2D eigenvalue weighted by atomic mass is 9.80. The second kappa shape index (κ2) is 5.84. The molecule has 0 aliphatic carbocycles. The molecule has 3 heteroatoms. The fraction of sp³-hybridized carbons (Fsp3) is 0.647. The van der Waals surface area contributed by atoms with Gasteiger partial charge in [0.25, 0.3) is 0 Å². The fourth-order valence-corrected chi connectivity index (χ4v) is 3.24. The minimum Gasteiger partial charge on any atom is -0.375 e. The summed E-state index contributed by atoms with van der Waals surface area (Å²) in [6, 6.07) is 8.76. The lowest BCUT2D eigenvalue weighted by Gasteiger charge is -2.49. The summed E-state index contributed by atoms with van der Waals surface area (Å²) in [6.45, 7) is 8.86. The monoisotopic (exact) mass is 276 g/mol. The van der Waals surface area contributed by atoms with Crippen LogP contribution in [0.4, 0.5) is 0 Å². The van der Waals surface area contributed by atoms with Crippen LogP contribution in [0.2, 0.25) is 0 Å². The lowest BCUT2D eigenvalue weighted by Crippen LogP contribution is -2.59. The van der Waals surface area contributed by atoms with E-state index in [0.29, 0.717) is 6.54 Å². The number of hydrogen-bond acceptors (Lipinski definition) is 3. The predicted molar refractivity (Wildman–Crippen MR) is 83.7 cm³/mol. The summed E-state index contributed by atoms with van der Waals surface area (Å²) in [7, 11) is 2.19. The van der Waals surface area contributed by atoms with Crippen molar-refractivity contribution in [2.75, 3.05) is 20.2 Å². The fourth-order valence-electron chi connectivity index (χ4n) is 3.24. The third-order valence-electron chi connectivity index (χ3n) is 4.55. The van der Waals surface area contributed by atoms with Crippen molar-refractivity contribution < 1.29 is 4.74 Å². The van der Waals surface area contributed by atoms with Crippen LogP contribution >= 0.6 is 0 Å². The molecule has 1 fully saturated rings. The molecule has 0 spiro atoms. The Hall–Kier alpha value is -0.900. The zero-order chi connectivity index (χ0) is 14.8. The molecular formula is C17H28N2O. The van der Waals surface area contributed by atoms with Crippen LogP contribution in [-0.4, -0.2) is 36.2 Å². The number of nitrogens with two attached hydrogens (primary N) is 1. The molecule has 1 unspecified atom stereocenters. The van der Waals surface area contributed by atoms with Crippen molar-refractivity contribution in [1.29, 1.82) is 0 Å². The molecule has 1 saturated heterocycles. The topological polar surface area (TPSA) is 38.5 Å². The molecule has 1 aromatic rings. The second-order valence-electron chi connectivity index (χ2n) is 6.81. The number of likely N-dealkylation sites (N-methyl/N-ethyl adjacent to an activating group) is 1. The summed E-state index contributed by atoms with van der Waals surface area (Å²) in [6.07, 6.45) is 1.99. The third-order valence-corrected chi connectivity index (χ3v) is 4.55. The Labute approximate surface area is 123 Å². The highest BCUT2D eigenvalue weighted by Crippen LogP contribution is 2.35. The van der Waals surface area contributed by atoms with E-state index in [1.807, 2.05) is 0 Å². The van der Waals surface area contributed by atoms with Gasteiger partial charge in [-0.2, -0.15) is 0 Å². The van der Waals surface area contributed by atoms with Crippen LogP contribution in [0.25, 0.3) is 0 Å². The average Bonchev–Trinajstić information content (AvgIpc) is 2.40. The van der Waals surface area contributed by atoms with Crippen molar-refractivity contribution in [3.63, 3.8) is 0 Å². The SMILES string of the molecule is Cc1ccc(CN(C)C2(CN)CCOC(C)(C)C2)cc1. The molecule has 1 aromatic carbocycles. The first kappa shape index (κ1) is 15.5. The molecule has 0 radical (unpaired) electrons. The minimum absolute atomic E-state index is 0.0483. The van der Waals surface area contributed by atoms with Gasteiger partial charge in [-0.15, -0.1) is 0 Å². The van der Waals surface area contributed by atoms with E-state index in [2.05, 4.69) is 57.0 Å². The zero-order valence-electron chi connectivity index (χ0n) is 13.3. The van der Waals surface area contributed by atoms with Crippen LogP contribution in [0.1, 0.15) is 37.8 Å². The Bertz CT molecular complexity index is 441.